The Hall–Kier alpha value is -1.03. The van der Waals surface area contributed by atoms with Gasteiger partial charge in [0.05, 0.1) is 6.20 Å². The fourth-order valence-corrected chi connectivity index (χ4v) is 2.99. The molecule has 0 aliphatic carbocycles. The lowest BCUT2D eigenvalue weighted by Crippen LogP contribution is -2.40. The smallest absolute Gasteiger partial charge is 0.224 e. The Morgan fingerprint density at radius 2 is 2.20 bits per heavy atom. The van der Waals surface area contributed by atoms with Gasteiger partial charge in [-0.05, 0) is 32.1 Å². The summed E-state index contributed by atoms with van der Waals surface area (Å²) >= 11 is 6.33. The van der Waals surface area contributed by atoms with E-state index >= 15 is 0 Å². The lowest BCUT2D eigenvalue weighted by molar-refractivity contribution is 0.432. The van der Waals surface area contributed by atoms with Crippen molar-refractivity contribution in [3.05, 3.63) is 11.2 Å². The molecule has 1 saturated heterocycles. The Balaban J connectivity index is 2.19. The molecule has 0 radical (unpaired) electrons. The van der Waals surface area contributed by atoms with E-state index in [-0.39, 0.29) is 0 Å². The molecule has 2 heterocycles. The van der Waals surface area contributed by atoms with Crippen molar-refractivity contribution in [2.24, 2.45) is 0 Å². The van der Waals surface area contributed by atoms with E-state index in [2.05, 4.69) is 34.0 Å². The third-order valence-corrected chi connectivity index (χ3v) is 4.05. The molecule has 1 atom stereocenters. The molecule has 20 heavy (non-hydrogen) atoms. The second kappa shape index (κ2) is 7.67. The van der Waals surface area contributed by atoms with Gasteiger partial charge in [-0.15, -0.1) is 0 Å². The molecule has 0 saturated carbocycles. The maximum Gasteiger partial charge on any atom is 0.224 e. The zero-order valence-electron chi connectivity index (χ0n) is 12.5. The molecule has 2 rings (SSSR count). The number of hydrogen-bond donors (Lipinski definition) is 1. The van der Waals surface area contributed by atoms with Crippen molar-refractivity contribution in [2.45, 2.75) is 58.4 Å². The Labute approximate surface area is 126 Å². The van der Waals surface area contributed by atoms with E-state index in [0.29, 0.717) is 17.0 Å². The van der Waals surface area contributed by atoms with Crippen molar-refractivity contribution in [3.8, 4) is 0 Å². The van der Waals surface area contributed by atoms with Crippen LogP contribution in [0.2, 0.25) is 5.02 Å². The SMILES string of the molecule is CCCNc1ncc(Cl)c(N2CCCCC2CCC)n1. The van der Waals surface area contributed by atoms with Gasteiger partial charge in [-0.3, -0.25) is 0 Å². The number of rotatable bonds is 6. The minimum atomic E-state index is 0.570. The minimum absolute atomic E-state index is 0.570. The summed E-state index contributed by atoms with van der Waals surface area (Å²) in [5.41, 5.74) is 0. The first kappa shape index (κ1) is 15.4. The van der Waals surface area contributed by atoms with Gasteiger partial charge in [0.1, 0.15) is 5.02 Å². The van der Waals surface area contributed by atoms with Crippen LogP contribution in [0.25, 0.3) is 0 Å². The second-order valence-corrected chi connectivity index (χ2v) is 5.83. The summed E-state index contributed by atoms with van der Waals surface area (Å²) in [7, 11) is 0. The number of hydrogen-bond acceptors (Lipinski definition) is 4. The molecule has 0 spiro atoms. The average molecular weight is 297 g/mol. The standard InChI is InChI=1S/C15H25ClN4/c1-3-7-12-8-5-6-10-20(12)14-13(16)11-18-15(19-14)17-9-4-2/h11-12H,3-10H2,1-2H3,(H,17,18,19). The van der Waals surface area contributed by atoms with E-state index in [1.165, 1.54) is 32.1 Å². The predicted octanol–water partition coefficient (Wildman–Crippen LogP) is 4.11. The van der Waals surface area contributed by atoms with Crippen LogP contribution < -0.4 is 10.2 Å². The maximum atomic E-state index is 6.33. The van der Waals surface area contributed by atoms with Gasteiger partial charge in [0.2, 0.25) is 5.95 Å². The highest BCUT2D eigenvalue weighted by Gasteiger charge is 2.25. The van der Waals surface area contributed by atoms with Gasteiger partial charge in [-0.1, -0.05) is 31.9 Å². The van der Waals surface area contributed by atoms with E-state index in [9.17, 15) is 0 Å². The van der Waals surface area contributed by atoms with Crippen molar-refractivity contribution in [1.29, 1.82) is 0 Å². The molecular formula is C15H25ClN4. The Bertz CT molecular complexity index is 422. The van der Waals surface area contributed by atoms with E-state index in [1.807, 2.05) is 0 Å². The highest BCUT2D eigenvalue weighted by Crippen LogP contribution is 2.31. The number of nitrogens with zero attached hydrogens (tertiary/aromatic N) is 3. The molecule has 4 nitrogen and oxygen atoms in total. The van der Waals surface area contributed by atoms with Crippen molar-refractivity contribution >= 4 is 23.4 Å². The minimum Gasteiger partial charge on any atom is -0.354 e. The highest BCUT2D eigenvalue weighted by atomic mass is 35.5. The third-order valence-electron chi connectivity index (χ3n) is 3.78. The van der Waals surface area contributed by atoms with Crippen molar-refractivity contribution < 1.29 is 0 Å². The van der Waals surface area contributed by atoms with Gasteiger partial charge in [-0.2, -0.15) is 4.98 Å². The van der Waals surface area contributed by atoms with E-state index in [4.69, 9.17) is 11.6 Å². The van der Waals surface area contributed by atoms with Crippen molar-refractivity contribution in [1.82, 2.24) is 9.97 Å². The van der Waals surface area contributed by atoms with Crippen LogP contribution >= 0.6 is 11.6 Å². The Morgan fingerprint density at radius 1 is 1.35 bits per heavy atom. The van der Waals surface area contributed by atoms with E-state index in [1.54, 1.807) is 6.20 Å². The molecule has 1 N–H and O–H groups in total. The van der Waals surface area contributed by atoms with Crippen LogP contribution in [0.3, 0.4) is 0 Å². The second-order valence-electron chi connectivity index (χ2n) is 5.42. The normalized spacial score (nSPS) is 19.1. The Kier molecular flexibility index (Phi) is 5.89. The largest absolute Gasteiger partial charge is 0.354 e. The first-order chi connectivity index (χ1) is 9.76. The number of halogens is 1. The first-order valence-electron chi connectivity index (χ1n) is 7.79. The van der Waals surface area contributed by atoms with Crippen LogP contribution in [0, 0.1) is 0 Å². The third kappa shape index (κ3) is 3.75. The summed E-state index contributed by atoms with van der Waals surface area (Å²) < 4.78 is 0. The van der Waals surface area contributed by atoms with Crippen LogP contribution in [-0.4, -0.2) is 29.1 Å². The van der Waals surface area contributed by atoms with E-state index in [0.717, 1.165) is 25.3 Å². The van der Waals surface area contributed by atoms with Crippen molar-refractivity contribution in [3.63, 3.8) is 0 Å². The van der Waals surface area contributed by atoms with E-state index < -0.39 is 0 Å². The van der Waals surface area contributed by atoms with Crippen LogP contribution in [0.4, 0.5) is 11.8 Å². The number of nitrogens with one attached hydrogen (secondary N) is 1. The molecule has 0 amide bonds. The molecule has 1 aliphatic heterocycles. The molecule has 0 aromatic carbocycles. The number of piperidine rings is 1. The highest BCUT2D eigenvalue weighted by molar-refractivity contribution is 6.32. The summed E-state index contributed by atoms with van der Waals surface area (Å²) in [4.78, 5) is 11.3. The van der Waals surface area contributed by atoms with Gasteiger partial charge >= 0.3 is 0 Å². The topological polar surface area (TPSA) is 41.1 Å². The predicted molar refractivity (Wildman–Crippen MR) is 85.7 cm³/mol. The molecule has 1 aliphatic rings. The van der Waals surface area contributed by atoms with Crippen LogP contribution in [0.15, 0.2) is 6.20 Å². The lowest BCUT2D eigenvalue weighted by Gasteiger charge is -2.37. The molecule has 0 bridgehead atoms. The zero-order chi connectivity index (χ0) is 14.4. The summed E-state index contributed by atoms with van der Waals surface area (Å²) in [6.45, 7) is 6.31. The number of aromatic nitrogens is 2. The lowest BCUT2D eigenvalue weighted by atomic mass is 9.98. The molecule has 112 valence electrons. The van der Waals surface area contributed by atoms with Gasteiger partial charge in [0.25, 0.3) is 0 Å². The summed E-state index contributed by atoms with van der Waals surface area (Å²) in [6, 6.07) is 0.570. The Morgan fingerprint density at radius 3 is 2.95 bits per heavy atom. The summed E-state index contributed by atoms with van der Waals surface area (Å²) in [6.07, 6.45) is 8.96. The molecule has 1 unspecified atom stereocenters. The summed E-state index contributed by atoms with van der Waals surface area (Å²) in [5, 5.41) is 3.90. The van der Waals surface area contributed by atoms with Gasteiger partial charge in [0, 0.05) is 19.1 Å². The fourth-order valence-electron chi connectivity index (χ4n) is 2.79. The van der Waals surface area contributed by atoms with Crippen LogP contribution in [-0.2, 0) is 0 Å². The van der Waals surface area contributed by atoms with Crippen LogP contribution in [0.5, 0.6) is 0 Å². The first-order valence-corrected chi connectivity index (χ1v) is 8.17. The monoisotopic (exact) mass is 296 g/mol. The molecule has 1 aromatic heterocycles. The molecule has 1 aromatic rings. The van der Waals surface area contributed by atoms with Gasteiger partial charge in [-0.25, -0.2) is 4.98 Å². The molecule has 5 heteroatoms. The zero-order valence-corrected chi connectivity index (χ0v) is 13.3. The van der Waals surface area contributed by atoms with Gasteiger partial charge in [0.15, 0.2) is 5.82 Å². The molecular weight excluding hydrogens is 272 g/mol. The van der Waals surface area contributed by atoms with Crippen molar-refractivity contribution in [2.75, 3.05) is 23.3 Å². The summed E-state index contributed by atoms with van der Waals surface area (Å²) in [5.74, 6) is 1.59. The van der Waals surface area contributed by atoms with Gasteiger partial charge < -0.3 is 10.2 Å². The molecule has 1 fully saturated rings. The fraction of sp³-hybridized carbons (Fsp3) is 0.733. The van der Waals surface area contributed by atoms with Crippen LogP contribution in [0.1, 0.15) is 52.4 Å². The number of anilines is 2. The quantitative estimate of drug-likeness (QED) is 0.857. The average Bonchev–Trinajstić information content (AvgIpc) is 2.47. The maximum absolute atomic E-state index is 6.33.